The highest BCUT2D eigenvalue weighted by molar-refractivity contribution is 6.36. The lowest BCUT2D eigenvalue weighted by Crippen LogP contribution is -2.39. The van der Waals surface area contributed by atoms with Gasteiger partial charge in [-0.05, 0) is 12.0 Å². The first-order valence-corrected chi connectivity index (χ1v) is 6.17. The number of hydrogen-bond acceptors (Lipinski definition) is 4. The monoisotopic (exact) mass is 305 g/mol. The Labute approximate surface area is 120 Å². The van der Waals surface area contributed by atoms with E-state index in [1.54, 1.807) is 6.92 Å². The molecule has 104 valence electrons. The third kappa shape index (κ3) is 4.66. The SMILES string of the molecule is CC(CC(=O)O)CC(=O)N(N)c1ncc(Cl)cc1Cl. The number of hydrogen-bond donors (Lipinski definition) is 2. The molecule has 3 N–H and O–H groups in total. The molecule has 0 saturated heterocycles. The van der Waals surface area contributed by atoms with Crippen molar-refractivity contribution < 1.29 is 14.7 Å². The van der Waals surface area contributed by atoms with Gasteiger partial charge in [0.15, 0.2) is 5.82 Å². The maximum atomic E-state index is 11.8. The molecule has 0 fully saturated rings. The van der Waals surface area contributed by atoms with E-state index in [4.69, 9.17) is 34.2 Å². The quantitative estimate of drug-likeness (QED) is 0.493. The van der Waals surface area contributed by atoms with Crippen LogP contribution in [-0.2, 0) is 9.59 Å². The van der Waals surface area contributed by atoms with Gasteiger partial charge >= 0.3 is 5.97 Å². The summed E-state index contributed by atoms with van der Waals surface area (Å²) in [7, 11) is 0. The maximum absolute atomic E-state index is 11.8. The van der Waals surface area contributed by atoms with Crippen molar-refractivity contribution >= 4 is 40.9 Å². The Kier molecular flexibility index (Phi) is 5.53. The van der Waals surface area contributed by atoms with Crippen molar-refractivity contribution in [1.82, 2.24) is 4.98 Å². The molecule has 1 atom stereocenters. The second kappa shape index (κ2) is 6.70. The average molecular weight is 306 g/mol. The number of nitrogens with two attached hydrogens (primary N) is 1. The Morgan fingerprint density at radius 2 is 2.11 bits per heavy atom. The smallest absolute Gasteiger partial charge is 0.303 e. The molecule has 0 aliphatic carbocycles. The van der Waals surface area contributed by atoms with E-state index in [0.29, 0.717) is 5.02 Å². The first kappa shape index (κ1) is 15.7. The second-order valence-electron chi connectivity index (χ2n) is 4.13. The third-order valence-corrected chi connectivity index (χ3v) is 2.82. The van der Waals surface area contributed by atoms with E-state index in [9.17, 15) is 9.59 Å². The van der Waals surface area contributed by atoms with Crippen LogP contribution in [0.25, 0.3) is 0 Å². The van der Waals surface area contributed by atoms with Gasteiger partial charge in [-0.1, -0.05) is 30.1 Å². The minimum absolute atomic E-state index is 0.0105. The largest absolute Gasteiger partial charge is 0.481 e. The molecule has 0 aliphatic heterocycles. The van der Waals surface area contributed by atoms with Crippen molar-refractivity contribution in [3.63, 3.8) is 0 Å². The zero-order chi connectivity index (χ0) is 14.6. The number of halogens is 2. The summed E-state index contributed by atoms with van der Waals surface area (Å²) in [6.45, 7) is 1.65. The van der Waals surface area contributed by atoms with Crippen molar-refractivity contribution in [2.24, 2.45) is 11.8 Å². The minimum Gasteiger partial charge on any atom is -0.481 e. The van der Waals surface area contributed by atoms with Crippen molar-refractivity contribution in [1.29, 1.82) is 0 Å². The molecule has 0 spiro atoms. The lowest BCUT2D eigenvalue weighted by Gasteiger charge is -2.18. The van der Waals surface area contributed by atoms with Gasteiger partial charge in [0.05, 0.1) is 10.0 Å². The molecule has 19 heavy (non-hydrogen) atoms. The van der Waals surface area contributed by atoms with E-state index in [0.717, 1.165) is 5.01 Å². The average Bonchev–Trinajstić information content (AvgIpc) is 2.26. The van der Waals surface area contributed by atoms with Gasteiger partial charge in [-0.2, -0.15) is 0 Å². The van der Waals surface area contributed by atoms with Crippen LogP contribution in [0.2, 0.25) is 10.0 Å². The van der Waals surface area contributed by atoms with Crippen LogP contribution in [0.5, 0.6) is 0 Å². The Morgan fingerprint density at radius 1 is 1.47 bits per heavy atom. The molecule has 0 aliphatic rings. The molecule has 8 heteroatoms. The Balaban J connectivity index is 2.74. The molecular weight excluding hydrogens is 293 g/mol. The number of aliphatic carboxylic acids is 1. The molecule has 1 aromatic rings. The Bertz CT molecular complexity index is 496. The van der Waals surface area contributed by atoms with E-state index in [1.165, 1.54) is 12.3 Å². The zero-order valence-corrected chi connectivity index (χ0v) is 11.6. The van der Waals surface area contributed by atoms with Crippen LogP contribution in [0.3, 0.4) is 0 Å². The number of carboxylic acid groups (broad SMARTS) is 1. The van der Waals surface area contributed by atoms with Crippen LogP contribution in [0.4, 0.5) is 5.82 Å². The first-order valence-electron chi connectivity index (χ1n) is 5.41. The lowest BCUT2D eigenvalue weighted by molar-refractivity contribution is -0.138. The van der Waals surface area contributed by atoms with Gasteiger partial charge in [-0.25, -0.2) is 15.8 Å². The predicted octanol–water partition coefficient (Wildman–Crippen LogP) is 2.10. The fourth-order valence-corrected chi connectivity index (χ4v) is 1.94. The molecule has 0 radical (unpaired) electrons. The number of carboxylic acids is 1. The van der Waals surface area contributed by atoms with Crippen LogP contribution in [0, 0.1) is 5.92 Å². The van der Waals surface area contributed by atoms with Crippen molar-refractivity contribution in [2.45, 2.75) is 19.8 Å². The first-order chi connectivity index (χ1) is 8.81. The highest BCUT2D eigenvalue weighted by Gasteiger charge is 2.20. The number of pyridine rings is 1. The normalized spacial score (nSPS) is 12.0. The van der Waals surface area contributed by atoms with Gasteiger partial charge in [0.1, 0.15) is 0 Å². The summed E-state index contributed by atoms with van der Waals surface area (Å²) in [6, 6.07) is 1.42. The highest BCUT2D eigenvalue weighted by Crippen LogP contribution is 2.25. The minimum atomic E-state index is -0.966. The zero-order valence-electron chi connectivity index (χ0n) is 10.1. The number of nitrogens with zero attached hydrogens (tertiary/aromatic N) is 2. The molecular formula is C11H13Cl2N3O3. The van der Waals surface area contributed by atoms with Gasteiger partial charge < -0.3 is 5.11 Å². The van der Waals surface area contributed by atoms with Crippen molar-refractivity contribution in [2.75, 3.05) is 5.01 Å². The fourth-order valence-electron chi connectivity index (χ4n) is 1.47. The summed E-state index contributed by atoms with van der Waals surface area (Å²) in [5, 5.41) is 9.90. The number of hydrazine groups is 1. The van der Waals surface area contributed by atoms with Crippen molar-refractivity contribution in [3.8, 4) is 0 Å². The van der Waals surface area contributed by atoms with E-state index in [2.05, 4.69) is 4.98 Å². The van der Waals surface area contributed by atoms with Gasteiger partial charge in [0.25, 0.3) is 0 Å². The molecule has 1 heterocycles. The lowest BCUT2D eigenvalue weighted by atomic mass is 10.0. The molecule has 1 aromatic heterocycles. The van der Waals surface area contributed by atoms with E-state index < -0.39 is 11.9 Å². The topological polar surface area (TPSA) is 96.5 Å². The van der Waals surface area contributed by atoms with Crippen LogP contribution in [0.15, 0.2) is 12.3 Å². The van der Waals surface area contributed by atoms with Crippen molar-refractivity contribution in [3.05, 3.63) is 22.3 Å². The second-order valence-corrected chi connectivity index (χ2v) is 4.97. The number of amides is 1. The summed E-state index contributed by atoms with van der Waals surface area (Å²) >= 11 is 11.6. The van der Waals surface area contributed by atoms with Crippen LogP contribution < -0.4 is 10.9 Å². The van der Waals surface area contributed by atoms with Gasteiger partial charge in [0, 0.05) is 19.0 Å². The van der Waals surface area contributed by atoms with Gasteiger partial charge in [-0.3, -0.25) is 9.59 Å². The molecule has 1 amide bonds. The number of anilines is 1. The predicted molar refractivity (Wildman–Crippen MR) is 72.0 cm³/mol. The summed E-state index contributed by atoms with van der Waals surface area (Å²) in [6.07, 6.45) is 1.20. The summed E-state index contributed by atoms with van der Waals surface area (Å²) in [5.41, 5.74) is 0. The Morgan fingerprint density at radius 3 is 2.63 bits per heavy atom. The van der Waals surface area contributed by atoms with Crippen LogP contribution in [0.1, 0.15) is 19.8 Å². The van der Waals surface area contributed by atoms with E-state index >= 15 is 0 Å². The standard InChI is InChI=1S/C11H13Cl2N3O3/c1-6(3-10(18)19)2-9(17)16(14)11-8(13)4-7(12)5-15-11/h4-6H,2-3,14H2,1H3,(H,18,19). The van der Waals surface area contributed by atoms with Crippen LogP contribution in [-0.4, -0.2) is 22.0 Å². The molecule has 0 saturated carbocycles. The van der Waals surface area contributed by atoms with E-state index in [1.807, 2.05) is 0 Å². The fraction of sp³-hybridized carbons (Fsp3) is 0.364. The van der Waals surface area contributed by atoms with Gasteiger partial charge in [-0.15, -0.1) is 0 Å². The molecule has 0 bridgehead atoms. The maximum Gasteiger partial charge on any atom is 0.303 e. The Hall–Kier alpha value is -1.37. The summed E-state index contributed by atoms with van der Waals surface area (Å²) < 4.78 is 0. The number of rotatable bonds is 5. The molecule has 0 aromatic carbocycles. The molecule has 1 unspecified atom stereocenters. The molecule has 6 nitrogen and oxygen atoms in total. The number of aromatic nitrogens is 1. The summed E-state index contributed by atoms with van der Waals surface area (Å²) in [5.74, 6) is 3.93. The molecule has 1 rings (SSSR count). The third-order valence-electron chi connectivity index (χ3n) is 2.33. The van der Waals surface area contributed by atoms with Gasteiger partial charge in [0.2, 0.25) is 5.91 Å². The number of carbonyl (C=O) groups excluding carboxylic acids is 1. The summed E-state index contributed by atoms with van der Waals surface area (Å²) in [4.78, 5) is 26.2. The number of carbonyl (C=O) groups is 2. The van der Waals surface area contributed by atoms with E-state index in [-0.39, 0.29) is 29.6 Å². The van der Waals surface area contributed by atoms with Crippen LogP contribution >= 0.6 is 23.2 Å². The highest BCUT2D eigenvalue weighted by atomic mass is 35.5.